The Morgan fingerprint density at radius 3 is 2.60 bits per heavy atom. The van der Waals surface area contributed by atoms with Crippen LogP contribution < -0.4 is 5.32 Å². The number of fused-ring (bicyclic) bond motifs is 1. The van der Waals surface area contributed by atoms with Crippen LogP contribution in [-0.4, -0.2) is 24.1 Å². The Labute approximate surface area is 150 Å². The molecule has 25 heavy (non-hydrogen) atoms. The highest BCUT2D eigenvalue weighted by molar-refractivity contribution is 6.15. The highest BCUT2D eigenvalue weighted by Gasteiger charge is 2.33. The highest BCUT2D eigenvalue weighted by atomic mass is 16.1. The summed E-state index contributed by atoms with van der Waals surface area (Å²) in [5.74, 6) is 1.07. The standard InChI is InChI=1S/C22H28N2O/c1-14(2)15-7-9-16(10-8-15)17-11-21-18(22(25)12-17)13-23-19-5-3-4-6-20(19)24-21/h7-10,13-14,17,19-20,24H,3-6,11-12H2,1-2H3/t17-,19-,20+/m0/s1. The van der Waals surface area contributed by atoms with Gasteiger partial charge in [-0.3, -0.25) is 9.79 Å². The van der Waals surface area contributed by atoms with Gasteiger partial charge in [0.1, 0.15) is 0 Å². The SMILES string of the molecule is CC(C)c1ccc([C@@H]2CC(=O)C3=C(C2)N[C@@H]2CCCC[C@@H]2N=C3)cc1. The maximum absolute atomic E-state index is 12.8. The minimum Gasteiger partial charge on any atom is -0.383 e. The second kappa shape index (κ2) is 6.78. The number of allylic oxidation sites excluding steroid dienone is 2. The van der Waals surface area contributed by atoms with Crippen molar-refractivity contribution < 1.29 is 4.79 Å². The lowest BCUT2D eigenvalue weighted by Crippen LogP contribution is -2.41. The largest absolute Gasteiger partial charge is 0.383 e. The molecule has 3 heteroatoms. The van der Waals surface area contributed by atoms with Crippen molar-refractivity contribution in [1.29, 1.82) is 0 Å². The molecule has 3 aliphatic rings. The zero-order chi connectivity index (χ0) is 17.4. The summed E-state index contributed by atoms with van der Waals surface area (Å²) in [6.07, 6.45) is 8.23. The van der Waals surface area contributed by atoms with Crippen molar-refractivity contribution in [2.45, 2.75) is 76.3 Å². The molecule has 2 aliphatic carbocycles. The molecule has 1 N–H and O–H groups in total. The fraction of sp³-hybridized carbons (Fsp3) is 0.545. The lowest BCUT2D eigenvalue weighted by molar-refractivity contribution is -0.115. The van der Waals surface area contributed by atoms with E-state index in [2.05, 4.69) is 43.4 Å². The van der Waals surface area contributed by atoms with Gasteiger partial charge >= 0.3 is 0 Å². The van der Waals surface area contributed by atoms with Crippen LogP contribution in [0.1, 0.15) is 75.3 Å². The summed E-state index contributed by atoms with van der Waals surface area (Å²) in [5, 5.41) is 3.71. The van der Waals surface area contributed by atoms with Crippen LogP contribution in [0.15, 0.2) is 40.5 Å². The molecule has 1 saturated carbocycles. The topological polar surface area (TPSA) is 41.5 Å². The molecule has 0 spiro atoms. The summed E-state index contributed by atoms with van der Waals surface area (Å²) in [4.78, 5) is 17.5. The normalized spacial score (nSPS) is 29.1. The monoisotopic (exact) mass is 336 g/mol. The maximum atomic E-state index is 12.8. The summed E-state index contributed by atoms with van der Waals surface area (Å²) in [6, 6.07) is 9.62. The molecule has 3 nitrogen and oxygen atoms in total. The molecule has 1 aliphatic heterocycles. The molecular formula is C22H28N2O. The van der Waals surface area contributed by atoms with Crippen molar-refractivity contribution >= 4 is 12.0 Å². The van der Waals surface area contributed by atoms with Crippen LogP contribution >= 0.6 is 0 Å². The van der Waals surface area contributed by atoms with Crippen LogP contribution in [-0.2, 0) is 4.79 Å². The van der Waals surface area contributed by atoms with E-state index in [1.165, 1.54) is 30.4 Å². The molecule has 0 aromatic heterocycles. The van der Waals surface area contributed by atoms with Crippen molar-refractivity contribution in [3.8, 4) is 0 Å². The Morgan fingerprint density at radius 1 is 1.08 bits per heavy atom. The molecule has 1 fully saturated rings. The van der Waals surface area contributed by atoms with Crippen molar-refractivity contribution in [3.63, 3.8) is 0 Å². The number of nitrogens with zero attached hydrogens (tertiary/aromatic N) is 1. The molecule has 1 aromatic carbocycles. The number of carbonyl (C=O) groups is 1. The smallest absolute Gasteiger partial charge is 0.166 e. The van der Waals surface area contributed by atoms with Crippen LogP contribution in [0, 0.1) is 0 Å². The average Bonchev–Trinajstić information content (AvgIpc) is 2.81. The van der Waals surface area contributed by atoms with Gasteiger partial charge in [0, 0.05) is 24.4 Å². The first-order valence-electron chi connectivity index (χ1n) is 9.77. The predicted octanol–water partition coefficient (Wildman–Crippen LogP) is 4.50. The van der Waals surface area contributed by atoms with E-state index in [9.17, 15) is 4.79 Å². The van der Waals surface area contributed by atoms with E-state index >= 15 is 0 Å². The van der Waals surface area contributed by atoms with E-state index in [1.807, 2.05) is 6.21 Å². The number of nitrogens with one attached hydrogen (secondary N) is 1. The van der Waals surface area contributed by atoms with Gasteiger partial charge in [-0.25, -0.2) is 0 Å². The minimum absolute atomic E-state index is 0.245. The van der Waals surface area contributed by atoms with Crippen LogP contribution in [0.2, 0.25) is 0 Å². The van der Waals surface area contributed by atoms with Gasteiger partial charge in [-0.1, -0.05) is 51.0 Å². The number of ketones is 1. The molecule has 4 rings (SSSR count). The van der Waals surface area contributed by atoms with Crippen molar-refractivity contribution in [2.24, 2.45) is 4.99 Å². The highest BCUT2D eigenvalue weighted by Crippen LogP contribution is 2.36. The molecular weight excluding hydrogens is 308 g/mol. The number of aliphatic imine (C=N–C) groups is 1. The van der Waals surface area contributed by atoms with E-state index in [-0.39, 0.29) is 11.7 Å². The van der Waals surface area contributed by atoms with E-state index in [0.29, 0.717) is 24.4 Å². The van der Waals surface area contributed by atoms with Crippen LogP contribution in [0.25, 0.3) is 0 Å². The Morgan fingerprint density at radius 2 is 1.84 bits per heavy atom. The molecule has 0 radical (unpaired) electrons. The molecule has 0 bridgehead atoms. The Bertz CT molecular complexity index is 714. The molecule has 3 atom stereocenters. The lowest BCUT2D eigenvalue weighted by Gasteiger charge is -2.32. The first-order chi connectivity index (χ1) is 12.1. The van der Waals surface area contributed by atoms with E-state index in [1.54, 1.807) is 0 Å². The van der Waals surface area contributed by atoms with Gasteiger partial charge < -0.3 is 5.32 Å². The molecule has 0 saturated heterocycles. The van der Waals surface area contributed by atoms with Crippen LogP contribution in [0.5, 0.6) is 0 Å². The molecule has 1 heterocycles. The summed E-state index contributed by atoms with van der Waals surface area (Å²) in [5.41, 5.74) is 4.61. The fourth-order valence-electron chi connectivity index (χ4n) is 4.46. The van der Waals surface area contributed by atoms with E-state index < -0.39 is 0 Å². The zero-order valence-electron chi connectivity index (χ0n) is 15.3. The second-order valence-electron chi connectivity index (χ2n) is 8.12. The Hall–Kier alpha value is -1.90. The number of carbonyl (C=O) groups excluding carboxylic acids is 1. The van der Waals surface area contributed by atoms with Gasteiger partial charge in [0.15, 0.2) is 5.78 Å². The third-order valence-corrected chi connectivity index (χ3v) is 6.07. The number of benzene rings is 1. The fourth-order valence-corrected chi connectivity index (χ4v) is 4.46. The zero-order valence-corrected chi connectivity index (χ0v) is 15.3. The quantitative estimate of drug-likeness (QED) is 0.864. The van der Waals surface area contributed by atoms with Crippen molar-refractivity contribution in [1.82, 2.24) is 5.32 Å². The lowest BCUT2D eigenvalue weighted by atomic mass is 9.81. The number of hydrogen-bond donors (Lipinski definition) is 1. The first-order valence-corrected chi connectivity index (χ1v) is 9.77. The second-order valence-corrected chi connectivity index (χ2v) is 8.12. The van der Waals surface area contributed by atoms with Gasteiger partial charge in [-0.2, -0.15) is 0 Å². The van der Waals surface area contributed by atoms with Gasteiger partial charge in [0.2, 0.25) is 0 Å². The molecule has 0 amide bonds. The summed E-state index contributed by atoms with van der Waals surface area (Å²) in [6.45, 7) is 4.43. The first kappa shape index (κ1) is 16.6. The van der Waals surface area contributed by atoms with Crippen molar-refractivity contribution in [3.05, 3.63) is 46.7 Å². The summed E-state index contributed by atoms with van der Waals surface area (Å²) < 4.78 is 0. The molecule has 1 aromatic rings. The van der Waals surface area contributed by atoms with Gasteiger partial charge in [0.25, 0.3) is 0 Å². The molecule has 132 valence electrons. The number of hydrogen-bond acceptors (Lipinski definition) is 3. The molecule has 0 unspecified atom stereocenters. The van der Waals surface area contributed by atoms with Crippen molar-refractivity contribution in [2.75, 3.05) is 0 Å². The predicted molar refractivity (Wildman–Crippen MR) is 102 cm³/mol. The minimum atomic E-state index is 0.245. The third-order valence-electron chi connectivity index (χ3n) is 6.07. The average molecular weight is 336 g/mol. The number of rotatable bonds is 2. The third kappa shape index (κ3) is 3.29. The van der Waals surface area contributed by atoms with E-state index in [0.717, 1.165) is 24.1 Å². The van der Waals surface area contributed by atoms with Crippen LogP contribution in [0.3, 0.4) is 0 Å². The van der Waals surface area contributed by atoms with Crippen LogP contribution in [0.4, 0.5) is 0 Å². The van der Waals surface area contributed by atoms with Gasteiger partial charge in [-0.05, 0) is 42.2 Å². The maximum Gasteiger partial charge on any atom is 0.166 e. The van der Waals surface area contributed by atoms with E-state index in [4.69, 9.17) is 4.99 Å². The summed E-state index contributed by atoms with van der Waals surface area (Å²) in [7, 11) is 0. The number of Topliss-reactive ketones (excluding diaryl/α,β-unsaturated/α-hetero) is 1. The Kier molecular flexibility index (Phi) is 4.49. The summed E-state index contributed by atoms with van der Waals surface area (Å²) >= 11 is 0. The Balaban J connectivity index is 1.57. The van der Waals surface area contributed by atoms with Gasteiger partial charge in [0.05, 0.1) is 11.6 Å². The van der Waals surface area contributed by atoms with Gasteiger partial charge in [-0.15, -0.1) is 0 Å².